The molecule has 316 valence electrons. The molecule has 0 heterocycles. The number of amides is 1. The number of ether oxygens (including phenoxy) is 1. The fraction of sp³-hybridized carbons (Fsp3) is 0.833. The van der Waals surface area contributed by atoms with Crippen LogP contribution in [-0.4, -0.2) is 47.4 Å². The van der Waals surface area contributed by atoms with Crippen LogP contribution in [0.25, 0.3) is 0 Å². The van der Waals surface area contributed by atoms with Crippen molar-refractivity contribution in [1.82, 2.24) is 5.32 Å². The maximum Gasteiger partial charge on any atom is 0.305 e. The molecular formula is C48H89NO5. The molecule has 54 heavy (non-hydrogen) atoms. The van der Waals surface area contributed by atoms with Crippen LogP contribution in [0.3, 0.4) is 0 Å². The molecule has 6 heteroatoms. The van der Waals surface area contributed by atoms with E-state index in [1.54, 1.807) is 0 Å². The Morgan fingerprint density at radius 3 is 1.46 bits per heavy atom. The van der Waals surface area contributed by atoms with Crippen LogP contribution in [0.5, 0.6) is 0 Å². The van der Waals surface area contributed by atoms with Gasteiger partial charge in [0.2, 0.25) is 5.91 Å². The van der Waals surface area contributed by atoms with Crippen molar-refractivity contribution in [1.29, 1.82) is 0 Å². The molecule has 2 unspecified atom stereocenters. The first-order valence-electron chi connectivity index (χ1n) is 23.2. The van der Waals surface area contributed by atoms with Crippen molar-refractivity contribution in [2.75, 3.05) is 13.2 Å². The Balaban J connectivity index is 3.51. The number of aliphatic hydroxyl groups excluding tert-OH is 2. The third-order valence-corrected chi connectivity index (χ3v) is 10.4. The van der Waals surface area contributed by atoms with E-state index < -0.39 is 12.1 Å². The van der Waals surface area contributed by atoms with E-state index in [9.17, 15) is 19.8 Å². The molecule has 0 saturated carbocycles. The van der Waals surface area contributed by atoms with E-state index >= 15 is 0 Å². The summed E-state index contributed by atoms with van der Waals surface area (Å²) in [6, 6.07) is -0.561. The Kier molecular flexibility index (Phi) is 42.2. The first-order chi connectivity index (χ1) is 26.5. The standard InChI is InChI=1S/C48H89NO5/c1-3-5-7-9-11-13-14-15-16-17-18-19-22-26-30-34-38-42-48(53)54-43-39-35-31-27-23-20-21-25-29-33-37-41-47(52)49-45(44-50)46(51)40-36-32-28-24-12-10-8-6-4-2/h11,13,15-16,23,27,45-46,50-51H,3-10,12,14,17-22,24-26,28-44H2,1-2H3,(H,49,52)/b13-11-,16-15-,27-23-. The van der Waals surface area contributed by atoms with Gasteiger partial charge in [0.05, 0.1) is 25.4 Å². The summed E-state index contributed by atoms with van der Waals surface area (Å²) in [5.41, 5.74) is 0. The smallest absolute Gasteiger partial charge is 0.305 e. The van der Waals surface area contributed by atoms with Gasteiger partial charge in [0.1, 0.15) is 0 Å². The maximum absolute atomic E-state index is 12.4. The number of hydrogen-bond donors (Lipinski definition) is 3. The SMILES string of the molecule is CCCCC/C=C\C/C=C\CCCCCCCCCC(=O)OCCCC/C=C\CCCCCCCC(=O)NC(CO)C(O)CCCCCCCCCCC. The van der Waals surface area contributed by atoms with E-state index in [2.05, 4.69) is 55.6 Å². The summed E-state index contributed by atoms with van der Waals surface area (Å²) in [4.78, 5) is 24.4. The van der Waals surface area contributed by atoms with Gasteiger partial charge in [0.15, 0.2) is 0 Å². The summed E-state index contributed by atoms with van der Waals surface area (Å²) in [7, 11) is 0. The molecule has 2 atom stereocenters. The minimum atomic E-state index is -0.681. The van der Waals surface area contributed by atoms with Gasteiger partial charge < -0.3 is 20.3 Å². The van der Waals surface area contributed by atoms with Crippen molar-refractivity contribution >= 4 is 11.9 Å². The molecule has 0 fully saturated rings. The van der Waals surface area contributed by atoms with Crippen LogP contribution in [0.2, 0.25) is 0 Å². The molecular weight excluding hydrogens is 671 g/mol. The zero-order valence-electron chi connectivity index (χ0n) is 35.7. The van der Waals surface area contributed by atoms with Gasteiger partial charge in [-0.15, -0.1) is 0 Å². The zero-order chi connectivity index (χ0) is 39.4. The highest BCUT2D eigenvalue weighted by molar-refractivity contribution is 5.76. The molecule has 0 aliphatic carbocycles. The van der Waals surface area contributed by atoms with Crippen LogP contribution in [-0.2, 0) is 14.3 Å². The van der Waals surface area contributed by atoms with Crippen molar-refractivity contribution in [3.8, 4) is 0 Å². The van der Waals surface area contributed by atoms with Crippen molar-refractivity contribution in [2.45, 2.75) is 244 Å². The Hall–Kier alpha value is -1.92. The molecule has 0 aromatic carbocycles. The summed E-state index contributed by atoms with van der Waals surface area (Å²) in [6.45, 7) is 4.81. The first kappa shape index (κ1) is 52.1. The highest BCUT2D eigenvalue weighted by Crippen LogP contribution is 2.14. The van der Waals surface area contributed by atoms with Gasteiger partial charge in [-0.1, -0.05) is 172 Å². The Morgan fingerprint density at radius 2 is 0.926 bits per heavy atom. The fourth-order valence-electron chi connectivity index (χ4n) is 6.78. The minimum absolute atomic E-state index is 0.0403. The molecule has 0 rings (SSSR count). The molecule has 0 aliphatic heterocycles. The van der Waals surface area contributed by atoms with E-state index in [1.807, 2.05) is 0 Å². The highest BCUT2D eigenvalue weighted by atomic mass is 16.5. The Bertz CT molecular complexity index is 884. The third-order valence-electron chi connectivity index (χ3n) is 10.4. The van der Waals surface area contributed by atoms with Crippen molar-refractivity contribution < 1.29 is 24.5 Å². The van der Waals surface area contributed by atoms with Crippen LogP contribution in [0.4, 0.5) is 0 Å². The van der Waals surface area contributed by atoms with E-state index in [4.69, 9.17) is 4.74 Å². The van der Waals surface area contributed by atoms with Crippen molar-refractivity contribution in [3.63, 3.8) is 0 Å². The quantitative estimate of drug-likeness (QED) is 0.0327. The average Bonchev–Trinajstić information content (AvgIpc) is 3.17. The second kappa shape index (κ2) is 43.8. The number of nitrogens with one attached hydrogen (secondary N) is 1. The van der Waals surface area contributed by atoms with Crippen molar-refractivity contribution in [3.05, 3.63) is 36.5 Å². The number of rotatable bonds is 42. The number of allylic oxidation sites excluding steroid dienone is 6. The lowest BCUT2D eigenvalue weighted by molar-refractivity contribution is -0.143. The van der Waals surface area contributed by atoms with Gasteiger partial charge in [-0.25, -0.2) is 0 Å². The van der Waals surface area contributed by atoms with Crippen molar-refractivity contribution in [2.24, 2.45) is 0 Å². The number of carbonyl (C=O) groups excluding carboxylic acids is 2. The van der Waals surface area contributed by atoms with Gasteiger partial charge in [-0.2, -0.15) is 0 Å². The van der Waals surface area contributed by atoms with Crippen LogP contribution in [0.1, 0.15) is 232 Å². The summed E-state index contributed by atoms with van der Waals surface area (Å²) in [5, 5.41) is 23.0. The van der Waals surface area contributed by atoms with E-state index in [0.717, 1.165) is 89.9 Å². The van der Waals surface area contributed by atoms with E-state index in [-0.39, 0.29) is 18.5 Å². The van der Waals surface area contributed by atoms with Gasteiger partial charge in [0, 0.05) is 12.8 Å². The van der Waals surface area contributed by atoms with E-state index in [1.165, 1.54) is 109 Å². The maximum atomic E-state index is 12.4. The summed E-state index contributed by atoms with van der Waals surface area (Å²) in [6.07, 6.45) is 51.1. The first-order valence-corrected chi connectivity index (χ1v) is 23.2. The average molecular weight is 760 g/mol. The number of carbonyl (C=O) groups is 2. The molecule has 0 radical (unpaired) electrons. The number of hydrogen-bond acceptors (Lipinski definition) is 5. The minimum Gasteiger partial charge on any atom is -0.466 e. The molecule has 3 N–H and O–H groups in total. The van der Waals surface area contributed by atoms with Crippen LogP contribution in [0, 0.1) is 0 Å². The predicted molar refractivity (Wildman–Crippen MR) is 232 cm³/mol. The number of esters is 1. The summed E-state index contributed by atoms with van der Waals surface area (Å²) in [5.74, 6) is -0.109. The second-order valence-corrected chi connectivity index (χ2v) is 15.7. The van der Waals surface area contributed by atoms with Crippen LogP contribution in [0.15, 0.2) is 36.5 Å². The lowest BCUT2D eigenvalue weighted by atomic mass is 10.0. The van der Waals surface area contributed by atoms with Gasteiger partial charge in [0.25, 0.3) is 0 Å². The summed E-state index contributed by atoms with van der Waals surface area (Å²) >= 11 is 0. The molecule has 0 aromatic heterocycles. The van der Waals surface area contributed by atoms with Gasteiger partial charge in [-0.3, -0.25) is 9.59 Å². The van der Waals surface area contributed by atoms with Gasteiger partial charge >= 0.3 is 5.97 Å². The Labute approximate surface area is 334 Å². The molecule has 6 nitrogen and oxygen atoms in total. The monoisotopic (exact) mass is 760 g/mol. The third kappa shape index (κ3) is 39.8. The highest BCUT2D eigenvalue weighted by Gasteiger charge is 2.20. The number of unbranched alkanes of at least 4 members (excludes halogenated alkanes) is 25. The second-order valence-electron chi connectivity index (χ2n) is 15.7. The van der Waals surface area contributed by atoms with Crippen LogP contribution >= 0.6 is 0 Å². The number of aliphatic hydroxyl groups is 2. The Morgan fingerprint density at radius 1 is 0.519 bits per heavy atom. The topological polar surface area (TPSA) is 95.9 Å². The normalized spacial score (nSPS) is 13.0. The molecule has 0 bridgehead atoms. The largest absolute Gasteiger partial charge is 0.466 e. The lowest BCUT2D eigenvalue weighted by Crippen LogP contribution is -2.45. The predicted octanol–water partition coefficient (Wildman–Crippen LogP) is 13.3. The van der Waals surface area contributed by atoms with Crippen LogP contribution < -0.4 is 5.32 Å². The van der Waals surface area contributed by atoms with Gasteiger partial charge in [-0.05, 0) is 83.5 Å². The van der Waals surface area contributed by atoms with E-state index in [0.29, 0.717) is 25.9 Å². The summed E-state index contributed by atoms with van der Waals surface area (Å²) < 4.78 is 5.43. The fourth-order valence-corrected chi connectivity index (χ4v) is 6.78. The molecule has 0 spiro atoms. The zero-order valence-corrected chi connectivity index (χ0v) is 35.7. The molecule has 0 saturated heterocycles. The lowest BCUT2D eigenvalue weighted by Gasteiger charge is -2.22. The molecule has 1 amide bonds. The molecule has 0 aliphatic rings. The molecule has 0 aromatic rings.